The average molecular weight is 693 g/mol. The maximum Gasteiger partial charge on any atom is 0.306 e. The van der Waals surface area contributed by atoms with Crippen LogP contribution in [-0.2, 0) is 19.1 Å². The number of aliphatic hydroxyl groups excluding tert-OH is 1. The van der Waals surface area contributed by atoms with Crippen molar-refractivity contribution in [3.63, 3.8) is 0 Å². The zero-order valence-corrected chi connectivity index (χ0v) is 33.0. The van der Waals surface area contributed by atoms with Crippen molar-refractivity contribution in [3.05, 3.63) is 12.2 Å². The van der Waals surface area contributed by atoms with Gasteiger partial charge in [-0.25, -0.2) is 0 Å². The third-order valence-electron chi connectivity index (χ3n) is 9.81. The van der Waals surface area contributed by atoms with Crippen LogP contribution in [-0.4, -0.2) is 36.4 Å². The molecule has 0 spiro atoms. The van der Waals surface area contributed by atoms with E-state index in [-0.39, 0.29) is 25.2 Å². The van der Waals surface area contributed by atoms with E-state index < -0.39 is 6.10 Å². The number of hydrogen-bond donors (Lipinski definition) is 1. The van der Waals surface area contributed by atoms with Crippen molar-refractivity contribution in [2.75, 3.05) is 13.2 Å². The number of unbranched alkanes of at least 4 members (excludes halogenated alkanes) is 30. The van der Waals surface area contributed by atoms with E-state index in [0.717, 1.165) is 38.5 Å². The molecule has 0 aliphatic rings. The molecule has 0 heterocycles. The van der Waals surface area contributed by atoms with E-state index in [0.29, 0.717) is 12.8 Å². The van der Waals surface area contributed by atoms with Crippen molar-refractivity contribution in [2.45, 2.75) is 245 Å². The molecule has 0 aromatic rings. The summed E-state index contributed by atoms with van der Waals surface area (Å²) >= 11 is 0. The van der Waals surface area contributed by atoms with Crippen LogP contribution in [0.1, 0.15) is 239 Å². The Kier molecular flexibility index (Phi) is 39.9. The Morgan fingerprint density at radius 1 is 0.449 bits per heavy atom. The Morgan fingerprint density at radius 2 is 0.755 bits per heavy atom. The Hall–Kier alpha value is -1.36. The lowest BCUT2D eigenvalue weighted by molar-refractivity contribution is -0.161. The third kappa shape index (κ3) is 39.3. The molecule has 0 radical (unpaired) electrons. The highest BCUT2D eigenvalue weighted by Gasteiger charge is 2.16. The number of rotatable bonds is 40. The molecule has 0 rings (SSSR count). The molecule has 1 unspecified atom stereocenters. The largest absolute Gasteiger partial charge is 0.462 e. The van der Waals surface area contributed by atoms with Crippen molar-refractivity contribution in [3.8, 4) is 0 Å². The summed E-state index contributed by atoms with van der Waals surface area (Å²) in [4.78, 5) is 24.3. The van der Waals surface area contributed by atoms with Crippen molar-refractivity contribution in [2.24, 2.45) is 0 Å². The van der Waals surface area contributed by atoms with Crippen molar-refractivity contribution < 1.29 is 24.2 Å². The van der Waals surface area contributed by atoms with Gasteiger partial charge in [-0.05, 0) is 38.5 Å². The molecule has 0 aromatic heterocycles. The number of aliphatic hydroxyl groups is 1. The van der Waals surface area contributed by atoms with Crippen molar-refractivity contribution in [1.82, 2.24) is 0 Å². The van der Waals surface area contributed by atoms with Gasteiger partial charge in [0.2, 0.25) is 0 Å². The molecule has 0 saturated heterocycles. The van der Waals surface area contributed by atoms with Crippen LogP contribution in [0.25, 0.3) is 0 Å². The first-order valence-electron chi connectivity index (χ1n) is 21.7. The first kappa shape index (κ1) is 47.6. The van der Waals surface area contributed by atoms with Gasteiger partial charge >= 0.3 is 11.9 Å². The van der Waals surface area contributed by atoms with Gasteiger partial charge in [-0.2, -0.15) is 0 Å². The minimum absolute atomic E-state index is 0.0628. The molecular formula is C44H84O5. The summed E-state index contributed by atoms with van der Waals surface area (Å²) in [7, 11) is 0. The number of ether oxygens (including phenoxy) is 2. The number of carbonyl (C=O) groups excluding carboxylic acids is 2. The lowest BCUT2D eigenvalue weighted by atomic mass is 10.0. The maximum absolute atomic E-state index is 12.2. The second-order valence-electron chi connectivity index (χ2n) is 14.8. The summed E-state index contributed by atoms with van der Waals surface area (Å²) in [6.45, 7) is 4.16. The molecule has 0 saturated carbocycles. The van der Waals surface area contributed by atoms with E-state index in [4.69, 9.17) is 9.47 Å². The summed E-state index contributed by atoms with van der Waals surface area (Å²) in [5, 5.41) is 9.57. The van der Waals surface area contributed by atoms with Crippen LogP contribution in [0.15, 0.2) is 12.2 Å². The zero-order valence-electron chi connectivity index (χ0n) is 33.0. The normalized spacial score (nSPS) is 12.1. The van der Waals surface area contributed by atoms with Gasteiger partial charge in [0, 0.05) is 12.8 Å². The van der Waals surface area contributed by atoms with Crippen LogP contribution < -0.4 is 0 Å². The van der Waals surface area contributed by atoms with Crippen LogP contribution in [0.3, 0.4) is 0 Å². The van der Waals surface area contributed by atoms with Gasteiger partial charge in [0.05, 0.1) is 6.61 Å². The number of hydrogen-bond acceptors (Lipinski definition) is 5. The number of carbonyl (C=O) groups is 2. The lowest BCUT2D eigenvalue weighted by Gasteiger charge is -2.15. The van der Waals surface area contributed by atoms with Crippen LogP contribution in [0.2, 0.25) is 0 Å². The molecule has 0 bridgehead atoms. The van der Waals surface area contributed by atoms with Gasteiger partial charge in [-0.15, -0.1) is 0 Å². The van der Waals surface area contributed by atoms with Crippen LogP contribution in [0, 0.1) is 0 Å². The minimum Gasteiger partial charge on any atom is -0.462 e. The molecule has 0 amide bonds. The Bertz CT molecular complexity index is 705. The van der Waals surface area contributed by atoms with E-state index in [2.05, 4.69) is 26.0 Å². The predicted molar refractivity (Wildman–Crippen MR) is 210 cm³/mol. The molecule has 0 aliphatic heterocycles. The molecule has 0 aliphatic carbocycles. The van der Waals surface area contributed by atoms with Gasteiger partial charge < -0.3 is 14.6 Å². The second kappa shape index (κ2) is 41.1. The van der Waals surface area contributed by atoms with Gasteiger partial charge in [-0.1, -0.05) is 199 Å². The standard InChI is InChI=1S/C44H84O5/c1-3-5-7-9-11-13-15-17-19-21-22-23-25-26-28-30-32-34-36-38-43(46)48-41-42(40-45)49-44(47)39-37-35-33-31-29-27-24-20-18-16-14-12-10-8-6-4-2/h20,24,42,45H,3-19,21-23,25-41H2,1-2H3/b24-20-. The molecule has 1 N–H and O–H groups in total. The SMILES string of the molecule is CCCCCCCCC/C=C\CCCCCCCC(=O)OC(CO)COC(=O)CCCCCCCCCCCCCCCCCCCCC. The topological polar surface area (TPSA) is 72.8 Å². The smallest absolute Gasteiger partial charge is 0.306 e. The molecule has 1 atom stereocenters. The van der Waals surface area contributed by atoms with Gasteiger partial charge in [-0.3, -0.25) is 9.59 Å². The van der Waals surface area contributed by atoms with E-state index in [1.54, 1.807) is 0 Å². The van der Waals surface area contributed by atoms with Crippen LogP contribution in [0.5, 0.6) is 0 Å². The summed E-state index contributed by atoms with van der Waals surface area (Å²) < 4.78 is 10.6. The molecule has 0 fully saturated rings. The van der Waals surface area contributed by atoms with E-state index in [1.807, 2.05) is 0 Å². The molecule has 49 heavy (non-hydrogen) atoms. The fourth-order valence-electron chi connectivity index (χ4n) is 6.49. The first-order chi connectivity index (χ1) is 24.1. The summed E-state index contributed by atoms with van der Waals surface area (Å²) in [5.74, 6) is -0.587. The lowest BCUT2D eigenvalue weighted by Crippen LogP contribution is -2.28. The maximum atomic E-state index is 12.2. The quantitative estimate of drug-likeness (QED) is 0.0393. The Morgan fingerprint density at radius 3 is 1.10 bits per heavy atom. The molecular weight excluding hydrogens is 608 g/mol. The minimum atomic E-state index is -0.769. The van der Waals surface area contributed by atoms with Gasteiger partial charge in [0.25, 0.3) is 0 Å². The van der Waals surface area contributed by atoms with Crippen molar-refractivity contribution in [1.29, 1.82) is 0 Å². The molecule has 5 heteroatoms. The van der Waals surface area contributed by atoms with Gasteiger partial charge in [0.15, 0.2) is 6.10 Å². The average Bonchev–Trinajstić information content (AvgIpc) is 3.10. The van der Waals surface area contributed by atoms with Gasteiger partial charge in [0.1, 0.15) is 6.61 Å². The summed E-state index contributed by atoms with van der Waals surface area (Å²) in [6, 6.07) is 0. The third-order valence-corrected chi connectivity index (χ3v) is 9.81. The predicted octanol–water partition coefficient (Wildman–Crippen LogP) is 13.7. The highest BCUT2D eigenvalue weighted by Crippen LogP contribution is 2.16. The van der Waals surface area contributed by atoms with Crippen LogP contribution in [0.4, 0.5) is 0 Å². The number of esters is 2. The first-order valence-corrected chi connectivity index (χ1v) is 21.7. The fourth-order valence-corrected chi connectivity index (χ4v) is 6.49. The second-order valence-corrected chi connectivity index (χ2v) is 14.8. The van der Waals surface area contributed by atoms with Crippen LogP contribution >= 0.6 is 0 Å². The van der Waals surface area contributed by atoms with E-state index in [9.17, 15) is 14.7 Å². The highest BCUT2D eigenvalue weighted by atomic mass is 16.6. The number of allylic oxidation sites excluding steroid dienone is 2. The highest BCUT2D eigenvalue weighted by molar-refractivity contribution is 5.70. The fraction of sp³-hybridized carbons (Fsp3) is 0.909. The molecule has 0 aromatic carbocycles. The Labute approximate surface area is 305 Å². The summed E-state index contributed by atoms with van der Waals surface area (Å²) in [5.41, 5.74) is 0. The van der Waals surface area contributed by atoms with Crippen molar-refractivity contribution >= 4 is 11.9 Å². The molecule has 5 nitrogen and oxygen atoms in total. The summed E-state index contributed by atoms with van der Waals surface area (Å²) in [6.07, 6.45) is 47.1. The Balaban J connectivity index is 3.49. The molecule has 290 valence electrons. The van der Waals surface area contributed by atoms with E-state index in [1.165, 1.54) is 173 Å². The zero-order chi connectivity index (χ0) is 35.7. The van der Waals surface area contributed by atoms with E-state index >= 15 is 0 Å². The monoisotopic (exact) mass is 693 g/mol.